The summed E-state index contributed by atoms with van der Waals surface area (Å²) in [5.74, 6) is 1.29. The van der Waals surface area contributed by atoms with Gasteiger partial charge in [0.25, 0.3) is 0 Å². The molecule has 0 saturated carbocycles. The second-order valence-corrected chi connectivity index (χ2v) is 5.22. The summed E-state index contributed by atoms with van der Waals surface area (Å²) in [5.41, 5.74) is 4.61. The van der Waals surface area contributed by atoms with Crippen LogP contribution < -0.4 is 5.32 Å². The number of H-pyrrole nitrogens is 1. The fourth-order valence-corrected chi connectivity index (χ4v) is 2.46. The summed E-state index contributed by atoms with van der Waals surface area (Å²) < 4.78 is 5.13. The molecule has 0 radical (unpaired) electrons. The first-order valence-corrected chi connectivity index (χ1v) is 7.43. The maximum Gasteiger partial charge on any atom is 0.165 e. The van der Waals surface area contributed by atoms with Crippen molar-refractivity contribution in [1.82, 2.24) is 20.2 Å². The molecule has 4 aromatic rings. The van der Waals surface area contributed by atoms with Gasteiger partial charge in [-0.25, -0.2) is 9.97 Å². The Morgan fingerprint density at radius 2 is 2.17 bits per heavy atom. The Morgan fingerprint density at radius 1 is 1.22 bits per heavy atom. The first-order chi connectivity index (χ1) is 11.3. The highest BCUT2D eigenvalue weighted by Gasteiger charge is 2.12. The smallest absolute Gasteiger partial charge is 0.165 e. The fourth-order valence-electron chi connectivity index (χ4n) is 2.46. The summed E-state index contributed by atoms with van der Waals surface area (Å²) in [4.78, 5) is 9.12. The molecular formula is C17H15N5O. The number of anilines is 2. The highest BCUT2D eigenvalue weighted by molar-refractivity contribution is 5.88. The van der Waals surface area contributed by atoms with Crippen LogP contribution in [0, 0.1) is 0 Å². The van der Waals surface area contributed by atoms with Gasteiger partial charge < -0.3 is 9.73 Å². The van der Waals surface area contributed by atoms with Crippen molar-refractivity contribution in [2.75, 3.05) is 5.32 Å². The van der Waals surface area contributed by atoms with E-state index in [1.165, 1.54) is 5.56 Å². The van der Waals surface area contributed by atoms with E-state index in [-0.39, 0.29) is 0 Å². The molecule has 114 valence electrons. The second-order valence-electron chi connectivity index (χ2n) is 5.22. The zero-order valence-corrected chi connectivity index (χ0v) is 12.6. The Balaban J connectivity index is 1.80. The predicted molar refractivity (Wildman–Crippen MR) is 88.5 cm³/mol. The van der Waals surface area contributed by atoms with E-state index >= 15 is 0 Å². The minimum Gasteiger partial charge on any atom is -0.472 e. The number of fused-ring (bicyclic) bond motifs is 1. The molecule has 0 atom stereocenters. The minimum atomic E-state index is 0.599. The number of furan rings is 1. The Hall–Kier alpha value is -3.15. The number of nitrogens with zero attached hydrogens (tertiary/aromatic N) is 3. The number of hydrogen-bond donors (Lipinski definition) is 2. The maximum atomic E-state index is 5.13. The lowest BCUT2D eigenvalue weighted by molar-refractivity contribution is 0.568. The normalized spacial score (nSPS) is 11.0. The molecule has 0 spiro atoms. The Morgan fingerprint density at radius 3 is 3.00 bits per heavy atom. The molecule has 0 aliphatic rings. The number of rotatable bonds is 4. The molecule has 4 rings (SSSR count). The summed E-state index contributed by atoms with van der Waals surface area (Å²) in [7, 11) is 0. The fraction of sp³-hybridized carbons (Fsp3) is 0.118. The third kappa shape index (κ3) is 2.55. The van der Waals surface area contributed by atoms with Crippen molar-refractivity contribution in [1.29, 1.82) is 0 Å². The maximum absolute atomic E-state index is 5.13. The number of aromatic amines is 1. The van der Waals surface area contributed by atoms with Crippen molar-refractivity contribution in [2.24, 2.45) is 0 Å². The van der Waals surface area contributed by atoms with Crippen LogP contribution in [0.3, 0.4) is 0 Å². The highest BCUT2D eigenvalue weighted by atomic mass is 16.3. The van der Waals surface area contributed by atoms with Crippen LogP contribution in [0.5, 0.6) is 0 Å². The van der Waals surface area contributed by atoms with Gasteiger partial charge in [0.2, 0.25) is 0 Å². The molecule has 23 heavy (non-hydrogen) atoms. The lowest BCUT2D eigenvalue weighted by Crippen LogP contribution is -1.99. The van der Waals surface area contributed by atoms with Gasteiger partial charge in [0.05, 0.1) is 18.0 Å². The number of benzene rings is 1. The average Bonchev–Trinajstić information content (AvgIpc) is 3.26. The van der Waals surface area contributed by atoms with Crippen molar-refractivity contribution >= 4 is 22.5 Å². The number of nitrogens with one attached hydrogen (secondary N) is 2. The van der Waals surface area contributed by atoms with E-state index in [0.717, 1.165) is 28.7 Å². The zero-order chi connectivity index (χ0) is 15.6. The molecule has 1 aromatic carbocycles. The Bertz CT molecular complexity index is 943. The first-order valence-electron chi connectivity index (χ1n) is 7.43. The van der Waals surface area contributed by atoms with Crippen LogP contribution in [-0.4, -0.2) is 20.2 Å². The van der Waals surface area contributed by atoms with Gasteiger partial charge in [-0.1, -0.05) is 19.1 Å². The summed E-state index contributed by atoms with van der Waals surface area (Å²) in [6.07, 6.45) is 5.91. The monoisotopic (exact) mass is 305 g/mol. The third-order valence-corrected chi connectivity index (χ3v) is 3.68. The molecule has 0 bridgehead atoms. The van der Waals surface area contributed by atoms with Gasteiger partial charge in [0.15, 0.2) is 11.6 Å². The standard InChI is InChI=1S/C17H15N5O/c1-2-11-4-3-5-13(8-11)19-17-15-14(9-18-22-15)20-16(21-17)12-6-7-23-10-12/h3-10H,2H2,1H3,(H,18,22)(H,19,20,21). The molecule has 2 N–H and O–H groups in total. The van der Waals surface area contributed by atoms with Crippen LogP contribution in [0.25, 0.3) is 22.4 Å². The van der Waals surface area contributed by atoms with Crippen molar-refractivity contribution < 1.29 is 4.42 Å². The molecule has 3 aromatic heterocycles. The van der Waals surface area contributed by atoms with Crippen LogP contribution in [-0.2, 0) is 6.42 Å². The SMILES string of the molecule is CCc1cccc(Nc2nc(-c3ccoc3)nc3cn[nH]c23)c1. The minimum absolute atomic E-state index is 0.599. The summed E-state index contributed by atoms with van der Waals surface area (Å²) in [5, 5.41) is 10.4. The average molecular weight is 305 g/mol. The topological polar surface area (TPSA) is 79.6 Å². The van der Waals surface area contributed by atoms with Crippen LogP contribution in [0.2, 0.25) is 0 Å². The third-order valence-electron chi connectivity index (χ3n) is 3.68. The van der Waals surface area contributed by atoms with Gasteiger partial charge in [-0.05, 0) is 30.2 Å². The van der Waals surface area contributed by atoms with E-state index in [9.17, 15) is 0 Å². The summed E-state index contributed by atoms with van der Waals surface area (Å²) in [6, 6.07) is 10.1. The van der Waals surface area contributed by atoms with Crippen molar-refractivity contribution in [3.8, 4) is 11.4 Å². The Labute approximate surface area is 132 Å². The lowest BCUT2D eigenvalue weighted by Gasteiger charge is -2.09. The van der Waals surface area contributed by atoms with Gasteiger partial charge in [-0.15, -0.1) is 0 Å². The van der Waals surface area contributed by atoms with E-state index in [1.54, 1.807) is 18.7 Å². The van der Waals surface area contributed by atoms with E-state index in [2.05, 4.69) is 44.5 Å². The van der Waals surface area contributed by atoms with Crippen LogP contribution in [0.1, 0.15) is 12.5 Å². The van der Waals surface area contributed by atoms with Gasteiger partial charge >= 0.3 is 0 Å². The van der Waals surface area contributed by atoms with E-state index in [4.69, 9.17) is 4.42 Å². The molecule has 0 amide bonds. The molecular weight excluding hydrogens is 290 g/mol. The molecule has 0 unspecified atom stereocenters. The highest BCUT2D eigenvalue weighted by Crippen LogP contribution is 2.26. The molecule has 0 aliphatic heterocycles. The molecule has 0 fully saturated rings. The number of aryl methyl sites for hydroxylation is 1. The van der Waals surface area contributed by atoms with Gasteiger partial charge in [0.1, 0.15) is 17.3 Å². The van der Waals surface area contributed by atoms with Crippen LogP contribution in [0.4, 0.5) is 11.5 Å². The second kappa shape index (κ2) is 5.57. The summed E-state index contributed by atoms with van der Waals surface area (Å²) >= 11 is 0. The molecule has 3 heterocycles. The molecule has 0 saturated heterocycles. The van der Waals surface area contributed by atoms with Gasteiger partial charge in [0, 0.05) is 5.69 Å². The van der Waals surface area contributed by atoms with Crippen LogP contribution in [0.15, 0.2) is 53.5 Å². The number of hydrogen-bond acceptors (Lipinski definition) is 5. The first kappa shape index (κ1) is 13.5. The molecule has 0 aliphatic carbocycles. The Kier molecular flexibility index (Phi) is 3.27. The van der Waals surface area contributed by atoms with Crippen molar-refractivity contribution in [3.63, 3.8) is 0 Å². The summed E-state index contributed by atoms with van der Waals surface area (Å²) in [6.45, 7) is 2.13. The van der Waals surface area contributed by atoms with Gasteiger partial charge in [-0.3, -0.25) is 5.10 Å². The van der Waals surface area contributed by atoms with E-state index in [0.29, 0.717) is 11.6 Å². The van der Waals surface area contributed by atoms with E-state index in [1.807, 2.05) is 18.2 Å². The quantitative estimate of drug-likeness (QED) is 0.597. The van der Waals surface area contributed by atoms with Crippen molar-refractivity contribution in [3.05, 3.63) is 54.6 Å². The zero-order valence-electron chi connectivity index (χ0n) is 12.6. The largest absolute Gasteiger partial charge is 0.472 e. The molecule has 6 nitrogen and oxygen atoms in total. The van der Waals surface area contributed by atoms with Crippen molar-refractivity contribution in [2.45, 2.75) is 13.3 Å². The lowest BCUT2D eigenvalue weighted by atomic mass is 10.1. The van der Waals surface area contributed by atoms with Crippen LogP contribution >= 0.6 is 0 Å². The van der Waals surface area contributed by atoms with Gasteiger partial charge in [-0.2, -0.15) is 5.10 Å². The predicted octanol–water partition coefficient (Wildman–Crippen LogP) is 3.92. The number of aromatic nitrogens is 4. The van der Waals surface area contributed by atoms with E-state index < -0.39 is 0 Å². The molecule has 6 heteroatoms.